The van der Waals surface area contributed by atoms with Crippen LogP contribution in [0.4, 0.5) is 0 Å². The van der Waals surface area contributed by atoms with Crippen LogP contribution in [-0.2, 0) is 5.41 Å². The summed E-state index contributed by atoms with van der Waals surface area (Å²) in [5, 5.41) is 0. The van der Waals surface area contributed by atoms with Gasteiger partial charge in [-0.15, -0.1) is 0 Å². The lowest BCUT2D eigenvalue weighted by Gasteiger charge is -2.30. The first kappa shape index (κ1) is 21.5. The average Bonchev–Trinajstić information content (AvgIpc) is 2.85. The minimum absolute atomic E-state index is 0.241. The van der Waals surface area contributed by atoms with Gasteiger partial charge in [-0.05, 0) is 46.1 Å². The first-order valence-corrected chi connectivity index (χ1v) is 10.7. The van der Waals surface area contributed by atoms with Gasteiger partial charge in [0, 0.05) is 25.6 Å². The maximum Gasteiger partial charge on any atom is 0.00535 e. The van der Waals surface area contributed by atoms with E-state index in [1.165, 1.54) is 37.2 Å². The Bertz CT molecular complexity index is 557. The topological polar surface area (TPSA) is 3.24 Å². The predicted molar refractivity (Wildman–Crippen MR) is 116 cm³/mol. The highest BCUT2D eigenvalue weighted by Crippen LogP contribution is 2.35. The molecule has 0 saturated carbocycles. The molecule has 0 radical (unpaired) electrons. The number of hydrogen-bond donors (Lipinski definition) is 0. The van der Waals surface area contributed by atoms with Crippen LogP contribution in [-0.4, -0.2) is 24.5 Å². The molecular formula is C25H43N. The van der Waals surface area contributed by atoms with Gasteiger partial charge in [-0.2, -0.15) is 0 Å². The molecule has 1 heterocycles. The predicted octanol–water partition coefficient (Wildman–Crippen LogP) is 6.73. The summed E-state index contributed by atoms with van der Waals surface area (Å²) in [7, 11) is 0. The second-order valence-corrected chi connectivity index (χ2v) is 11.4. The van der Waals surface area contributed by atoms with Crippen LogP contribution in [0.5, 0.6) is 0 Å². The van der Waals surface area contributed by atoms with E-state index in [1.807, 2.05) is 0 Å². The van der Waals surface area contributed by atoms with Crippen molar-refractivity contribution in [3.05, 3.63) is 35.4 Å². The molecule has 1 saturated heterocycles. The van der Waals surface area contributed by atoms with Gasteiger partial charge in [-0.1, -0.05) is 86.6 Å². The van der Waals surface area contributed by atoms with Crippen LogP contribution in [0, 0.1) is 23.2 Å². The molecule has 0 bridgehead atoms. The highest BCUT2D eigenvalue weighted by molar-refractivity contribution is 5.30. The molecule has 4 atom stereocenters. The molecular weight excluding hydrogens is 314 g/mol. The molecule has 1 aromatic carbocycles. The number of benzene rings is 1. The zero-order valence-electron chi connectivity index (χ0n) is 18.9. The Morgan fingerprint density at radius 1 is 0.923 bits per heavy atom. The first-order chi connectivity index (χ1) is 11.9. The second kappa shape index (κ2) is 8.05. The molecule has 1 heteroatoms. The van der Waals surface area contributed by atoms with E-state index in [2.05, 4.69) is 91.5 Å². The third-order valence-corrected chi connectivity index (χ3v) is 6.34. The Morgan fingerprint density at radius 2 is 1.50 bits per heavy atom. The van der Waals surface area contributed by atoms with Crippen molar-refractivity contribution in [2.45, 2.75) is 80.1 Å². The van der Waals surface area contributed by atoms with E-state index >= 15 is 0 Å². The Kier molecular flexibility index (Phi) is 6.65. The van der Waals surface area contributed by atoms with Crippen molar-refractivity contribution >= 4 is 0 Å². The number of nitrogens with zero attached hydrogens (tertiary/aromatic N) is 1. The normalized spacial score (nSPS) is 24.7. The van der Waals surface area contributed by atoms with E-state index in [4.69, 9.17) is 0 Å². The highest BCUT2D eigenvalue weighted by Gasteiger charge is 2.32. The van der Waals surface area contributed by atoms with Gasteiger partial charge in [0.1, 0.15) is 0 Å². The average molecular weight is 358 g/mol. The summed E-state index contributed by atoms with van der Waals surface area (Å²) in [4.78, 5) is 2.72. The maximum absolute atomic E-state index is 2.72. The molecule has 148 valence electrons. The van der Waals surface area contributed by atoms with E-state index in [0.717, 1.165) is 17.8 Å². The molecule has 4 unspecified atom stereocenters. The quantitative estimate of drug-likeness (QED) is 0.565. The minimum Gasteiger partial charge on any atom is -0.302 e. The molecule has 0 amide bonds. The van der Waals surface area contributed by atoms with Crippen LogP contribution in [0.15, 0.2) is 24.3 Å². The standard InChI is InChI=1S/C25H43N/c1-18(14-24(4,5)6)19(2)15-26-16-20(3)23(17-26)21-10-12-22(13-11-21)25(7,8)9/h10-13,18-20,23H,14-17H2,1-9H3. The van der Waals surface area contributed by atoms with E-state index < -0.39 is 0 Å². The largest absolute Gasteiger partial charge is 0.302 e. The lowest BCUT2D eigenvalue weighted by atomic mass is 9.80. The van der Waals surface area contributed by atoms with E-state index in [0.29, 0.717) is 11.3 Å². The third-order valence-electron chi connectivity index (χ3n) is 6.34. The summed E-state index contributed by atoms with van der Waals surface area (Å²) in [6.45, 7) is 25.0. The van der Waals surface area contributed by atoms with Crippen molar-refractivity contribution in [1.82, 2.24) is 4.90 Å². The summed E-state index contributed by atoms with van der Waals surface area (Å²) >= 11 is 0. The molecule has 1 fully saturated rings. The van der Waals surface area contributed by atoms with Crippen LogP contribution >= 0.6 is 0 Å². The zero-order valence-corrected chi connectivity index (χ0v) is 18.9. The van der Waals surface area contributed by atoms with Crippen LogP contribution in [0.3, 0.4) is 0 Å². The summed E-state index contributed by atoms with van der Waals surface area (Å²) in [6.07, 6.45) is 1.31. The molecule has 0 aliphatic carbocycles. The van der Waals surface area contributed by atoms with E-state index in [-0.39, 0.29) is 5.41 Å². The Labute approximate surface area is 163 Å². The molecule has 26 heavy (non-hydrogen) atoms. The fraction of sp³-hybridized carbons (Fsp3) is 0.760. The Morgan fingerprint density at radius 3 is 2.00 bits per heavy atom. The van der Waals surface area contributed by atoms with Crippen molar-refractivity contribution in [3.8, 4) is 0 Å². The number of hydrogen-bond acceptors (Lipinski definition) is 1. The van der Waals surface area contributed by atoms with Gasteiger partial charge in [0.05, 0.1) is 0 Å². The molecule has 1 nitrogen and oxygen atoms in total. The van der Waals surface area contributed by atoms with Crippen molar-refractivity contribution in [2.75, 3.05) is 19.6 Å². The van der Waals surface area contributed by atoms with Crippen molar-refractivity contribution < 1.29 is 0 Å². The molecule has 1 aromatic rings. The minimum atomic E-state index is 0.241. The highest BCUT2D eigenvalue weighted by atomic mass is 15.2. The van der Waals surface area contributed by atoms with Crippen molar-refractivity contribution in [2.24, 2.45) is 23.2 Å². The van der Waals surface area contributed by atoms with Gasteiger partial charge in [-0.25, -0.2) is 0 Å². The Balaban J connectivity index is 1.97. The third kappa shape index (κ3) is 5.84. The van der Waals surface area contributed by atoms with Crippen molar-refractivity contribution in [1.29, 1.82) is 0 Å². The van der Waals surface area contributed by atoms with Crippen LogP contribution in [0.1, 0.15) is 85.8 Å². The number of likely N-dealkylation sites (tertiary alicyclic amines) is 1. The zero-order chi connectivity index (χ0) is 19.7. The molecule has 1 aliphatic rings. The molecule has 0 N–H and O–H groups in total. The lowest BCUT2D eigenvalue weighted by Crippen LogP contribution is -2.30. The van der Waals surface area contributed by atoms with Crippen LogP contribution < -0.4 is 0 Å². The van der Waals surface area contributed by atoms with Gasteiger partial charge < -0.3 is 4.90 Å². The number of rotatable bonds is 5. The maximum atomic E-state index is 2.72. The fourth-order valence-electron chi connectivity index (χ4n) is 4.63. The molecule has 1 aliphatic heterocycles. The summed E-state index contributed by atoms with van der Waals surface area (Å²) in [5.41, 5.74) is 3.64. The molecule has 0 aromatic heterocycles. The Hall–Kier alpha value is -0.820. The van der Waals surface area contributed by atoms with Gasteiger partial charge in [0.2, 0.25) is 0 Å². The summed E-state index contributed by atoms with van der Waals surface area (Å²) < 4.78 is 0. The second-order valence-electron chi connectivity index (χ2n) is 11.4. The fourth-order valence-corrected chi connectivity index (χ4v) is 4.63. The first-order valence-electron chi connectivity index (χ1n) is 10.7. The monoisotopic (exact) mass is 357 g/mol. The van der Waals surface area contributed by atoms with E-state index in [9.17, 15) is 0 Å². The van der Waals surface area contributed by atoms with Gasteiger partial charge >= 0.3 is 0 Å². The smallest absolute Gasteiger partial charge is 0.00535 e. The van der Waals surface area contributed by atoms with Gasteiger partial charge in [-0.3, -0.25) is 0 Å². The van der Waals surface area contributed by atoms with Gasteiger partial charge in [0.25, 0.3) is 0 Å². The van der Waals surface area contributed by atoms with Crippen LogP contribution in [0.25, 0.3) is 0 Å². The lowest BCUT2D eigenvalue weighted by molar-refractivity contribution is 0.193. The van der Waals surface area contributed by atoms with Crippen molar-refractivity contribution in [3.63, 3.8) is 0 Å². The molecule has 2 rings (SSSR count). The summed E-state index contributed by atoms with van der Waals surface area (Å²) in [5.74, 6) is 2.99. The van der Waals surface area contributed by atoms with Gasteiger partial charge in [0.15, 0.2) is 0 Å². The summed E-state index contributed by atoms with van der Waals surface area (Å²) in [6, 6.07) is 9.46. The van der Waals surface area contributed by atoms with Crippen LogP contribution in [0.2, 0.25) is 0 Å². The molecule has 0 spiro atoms. The SMILES string of the molecule is CC(CN1CC(C)C(c2ccc(C(C)(C)C)cc2)C1)C(C)CC(C)(C)C. The van der Waals surface area contributed by atoms with E-state index in [1.54, 1.807) is 0 Å².